The van der Waals surface area contributed by atoms with Gasteiger partial charge >= 0.3 is 0 Å². The van der Waals surface area contributed by atoms with Gasteiger partial charge in [0.25, 0.3) is 5.91 Å². The number of likely N-dealkylation sites (tertiary alicyclic amines) is 1. The smallest absolute Gasteiger partial charge is 0.251 e. The summed E-state index contributed by atoms with van der Waals surface area (Å²) in [6, 6.07) is 13.9. The number of carbonyl (C=O) groups is 1. The number of aryl methyl sites for hydroxylation is 1. The first-order valence-corrected chi connectivity index (χ1v) is 10.1. The molecule has 1 N–H and O–H groups in total. The van der Waals surface area contributed by atoms with Crippen molar-refractivity contribution in [3.8, 4) is 0 Å². The van der Waals surface area contributed by atoms with Gasteiger partial charge in [-0.2, -0.15) is 0 Å². The van der Waals surface area contributed by atoms with E-state index in [1.165, 1.54) is 9.75 Å². The second-order valence-electron chi connectivity index (χ2n) is 7.13. The number of hydrogen-bond donors (Lipinski definition) is 1. The van der Waals surface area contributed by atoms with Crippen LogP contribution in [0, 0.1) is 6.92 Å². The molecule has 2 aromatic rings. The zero-order chi connectivity index (χ0) is 18.4. The standard InChI is InChI=1S/C21H28N2O2S/c1-17-8-9-19(26-17)16-23-13-10-21(11-14-23,12-15-25-2)22-20(24)18-6-4-3-5-7-18/h3-9H,10-16H2,1-2H3,(H,22,24). The predicted octanol–water partition coefficient (Wildman–Crippen LogP) is 3.86. The molecule has 0 radical (unpaired) electrons. The number of hydrogen-bond acceptors (Lipinski definition) is 4. The van der Waals surface area contributed by atoms with Gasteiger partial charge in [0.15, 0.2) is 0 Å². The number of thiophene rings is 1. The third-order valence-corrected chi connectivity index (χ3v) is 6.17. The molecular weight excluding hydrogens is 344 g/mol. The van der Waals surface area contributed by atoms with E-state index in [9.17, 15) is 4.79 Å². The van der Waals surface area contributed by atoms with Gasteiger partial charge in [0.1, 0.15) is 0 Å². The molecule has 0 saturated carbocycles. The van der Waals surface area contributed by atoms with Crippen molar-refractivity contribution < 1.29 is 9.53 Å². The summed E-state index contributed by atoms with van der Waals surface area (Å²) in [4.78, 5) is 18.0. The van der Waals surface area contributed by atoms with Crippen LogP contribution in [-0.4, -0.2) is 43.2 Å². The molecule has 1 aliphatic rings. The molecule has 5 heteroatoms. The SMILES string of the molecule is COCCC1(NC(=O)c2ccccc2)CCN(Cc2ccc(C)s2)CC1. The van der Waals surface area contributed by atoms with E-state index in [-0.39, 0.29) is 11.4 Å². The Bertz CT molecular complexity index is 706. The Kier molecular flexibility index (Phi) is 6.46. The molecule has 4 nitrogen and oxygen atoms in total. The fourth-order valence-electron chi connectivity index (χ4n) is 3.57. The highest BCUT2D eigenvalue weighted by Crippen LogP contribution is 2.28. The molecule has 1 fully saturated rings. The Morgan fingerprint density at radius 3 is 2.54 bits per heavy atom. The van der Waals surface area contributed by atoms with Crippen LogP contribution in [0.5, 0.6) is 0 Å². The Morgan fingerprint density at radius 1 is 1.19 bits per heavy atom. The highest BCUT2D eigenvalue weighted by molar-refractivity contribution is 7.11. The number of ether oxygens (including phenoxy) is 1. The number of nitrogens with zero attached hydrogens (tertiary/aromatic N) is 1. The molecule has 3 rings (SSSR count). The van der Waals surface area contributed by atoms with Crippen LogP contribution in [0.3, 0.4) is 0 Å². The second kappa shape index (κ2) is 8.80. The summed E-state index contributed by atoms with van der Waals surface area (Å²) in [5, 5.41) is 3.33. The minimum absolute atomic E-state index is 0.0176. The molecule has 0 unspecified atom stereocenters. The monoisotopic (exact) mass is 372 g/mol. The lowest BCUT2D eigenvalue weighted by atomic mass is 9.84. The number of nitrogens with one attached hydrogen (secondary N) is 1. The maximum atomic E-state index is 12.7. The van der Waals surface area contributed by atoms with Crippen molar-refractivity contribution in [3.63, 3.8) is 0 Å². The minimum atomic E-state index is -0.176. The predicted molar refractivity (Wildman–Crippen MR) is 107 cm³/mol. The van der Waals surface area contributed by atoms with Crippen molar-refractivity contribution >= 4 is 17.2 Å². The quantitative estimate of drug-likeness (QED) is 0.802. The van der Waals surface area contributed by atoms with Crippen molar-refractivity contribution in [1.29, 1.82) is 0 Å². The Balaban J connectivity index is 1.62. The van der Waals surface area contributed by atoms with Gasteiger partial charge in [0.2, 0.25) is 0 Å². The lowest BCUT2D eigenvalue weighted by Crippen LogP contribution is -2.55. The van der Waals surface area contributed by atoms with E-state index < -0.39 is 0 Å². The Labute approximate surface area is 160 Å². The van der Waals surface area contributed by atoms with E-state index in [4.69, 9.17) is 4.74 Å². The molecule has 1 aromatic carbocycles. The lowest BCUT2D eigenvalue weighted by Gasteiger charge is -2.42. The average molecular weight is 373 g/mol. The van der Waals surface area contributed by atoms with Gasteiger partial charge in [0, 0.05) is 54.2 Å². The number of amides is 1. The van der Waals surface area contributed by atoms with Crippen LogP contribution in [-0.2, 0) is 11.3 Å². The highest BCUT2D eigenvalue weighted by atomic mass is 32.1. The van der Waals surface area contributed by atoms with Gasteiger partial charge in [-0.25, -0.2) is 0 Å². The fraction of sp³-hybridized carbons (Fsp3) is 0.476. The van der Waals surface area contributed by atoms with Crippen molar-refractivity contribution in [3.05, 3.63) is 57.8 Å². The van der Waals surface area contributed by atoms with Crippen LogP contribution in [0.4, 0.5) is 0 Å². The largest absolute Gasteiger partial charge is 0.385 e. The van der Waals surface area contributed by atoms with Crippen LogP contribution in [0.1, 0.15) is 39.4 Å². The molecule has 1 aromatic heterocycles. The summed E-state index contributed by atoms with van der Waals surface area (Å²) in [5.74, 6) is 0.0176. The molecule has 0 spiro atoms. The summed E-state index contributed by atoms with van der Waals surface area (Å²) in [6.45, 7) is 5.81. The molecule has 26 heavy (non-hydrogen) atoms. The summed E-state index contributed by atoms with van der Waals surface area (Å²) in [7, 11) is 1.72. The summed E-state index contributed by atoms with van der Waals surface area (Å²) >= 11 is 1.87. The van der Waals surface area contributed by atoms with E-state index in [0.29, 0.717) is 6.61 Å². The van der Waals surface area contributed by atoms with E-state index in [1.54, 1.807) is 7.11 Å². The van der Waals surface area contributed by atoms with Gasteiger partial charge in [0.05, 0.1) is 0 Å². The topological polar surface area (TPSA) is 41.6 Å². The van der Waals surface area contributed by atoms with Gasteiger partial charge in [-0.3, -0.25) is 9.69 Å². The third-order valence-electron chi connectivity index (χ3n) is 5.19. The van der Waals surface area contributed by atoms with Crippen LogP contribution in [0.15, 0.2) is 42.5 Å². The first-order chi connectivity index (χ1) is 12.6. The average Bonchev–Trinajstić information content (AvgIpc) is 3.07. The van der Waals surface area contributed by atoms with Gasteiger partial charge in [-0.1, -0.05) is 18.2 Å². The maximum Gasteiger partial charge on any atom is 0.251 e. The molecule has 1 saturated heterocycles. The minimum Gasteiger partial charge on any atom is -0.385 e. The van der Waals surface area contributed by atoms with Gasteiger partial charge in [-0.15, -0.1) is 11.3 Å². The second-order valence-corrected chi connectivity index (χ2v) is 8.50. The van der Waals surface area contributed by atoms with Crippen molar-refractivity contribution in [2.75, 3.05) is 26.8 Å². The number of rotatable bonds is 7. The lowest BCUT2D eigenvalue weighted by molar-refractivity contribution is 0.0692. The molecule has 140 valence electrons. The number of methoxy groups -OCH3 is 1. The van der Waals surface area contributed by atoms with E-state index >= 15 is 0 Å². The van der Waals surface area contributed by atoms with Crippen LogP contribution in [0.25, 0.3) is 0 Å². The third kappa shape index (κ3) is 4.93. The number of benzene rings is 1. The van der Waals surface area contributed by atoms with Gasteiger partial charge in [-0.05, 0) is 50.5 Å². The number of carbonyl (C=O) groups excluding carboxylic acids is 1. The molecule has 0 bridgehead atoms. The number of piperidine rings is 1. The zero-order valence-corrected chi connectivity index (χ0v) is 16.5. The fourth-order valence-corrected chi connectivity index (χ4v) is 4.50. The van der Waals surface area contributed by atoms with Crippen molar-refractivity contribution in [1.82, 2.24) is 10.2 Å². The summed E-state index contributed by atoms with van der Waals surface area (Å²) < 4.78 is 5.32. The van der Waals surface area contributed by atoms with E-state index in [1.807, 2.05) is 41.7 Å². The maximum absolute atomic E-state index is 12.7. The normalized spacial score (nSPS) is 17.2. The summed E-state index contributed by atoms with van der Waals surface area (Å²) in [5.41, 5.74) is 0.547. The van der Waals surface area contributed by atoms with E-state index in [2.05, 4.69) is 29.3 Å². The van der Waals surface area contributed by atoms with Gasteiger partial charge < -0.3 is 10.1 Å². The molecular formula is C21H28N2O2S. The van der Waals surface area contributed by atoms with Crippen LogP contribution >= 0.6 is 11.3 Å². The molecule has 2 heterocycles. The van der Waals surface area contributed by atoms with Crippen LogP contribution < -0.4 is 5.32 Å². The molecule has 0 aliphatic carbocycles. The summed E-state index contributed by atoms with van der Waals surface area (Å²) in [6.07, 6.45) is 2.77. The molecule has 0 atom stereocenters. The van der Waals surface area contributed by atoms with Crippen molar-refractivity contribution in [2.24, 2.45) is 0 Å². The Morgan fingerprint density at radius 2 is 1.92 bits per heavy atom. The first-order valence-electron chi connectivity index (χ1n) is 9.24. The van der Waals surface area contributed by atoms with E-state index in [0.717, 1.165) is 44.5 Å². The van der Waals surface area contributed by atoms with Crippen LogP contribution in [0.2, 0.25) is 0 Å². The van der Waals surface area contributed by atoms with Crippen molar-refractivity contribution in [2.45, 2.75) is 38.3 Å². The first kappa shape index (κ1) is 19.1. The molecule has 1 amide bonds. The molecule has 1 aliphatic heterocycles. The Hall–Kier alpha value is -1.69. The zero-order valence-electron chi connectivity index (χ0n) is 15.7. The highest BCUT2D eigenvalue weighted by Gasteiger charge is 2.35.